The van der Waals surface area contributed by atoms with Crippen molar-refractivity contribution >= 4 is 17.5 Å². The van der Waals surface area contributed by atoms with Crippen molar-refractivity contribution in [2.45, 2.75) is 6.92 Å². The zero-order valence-corrected chi connectivity index (χ0v) is 12.0. The molecule has 1 aromatic carbocycles. The molecule has 0 bridgehead atoms. The zero-order chi connectivity index (χ0) is 14.5. The normalized spacial score (nSPS) is 15.1. The molecule has 1 aliphatic heterocycles. The first-order valence-corrected chi connectivity index (χ1v) is 6.76. The van der Waals surface area contributed by atoms with Gasteiger partial charge in [0, 0.05) is 26.2 Å². The Hall–Kier alpha value is -2.11. The van der Waals surface area contributed by atoms with E-state index in [1.54, 1.807) is 12.0 Å². The van der Waals surface area contributed by atoms with Gasteiger partial charge < -0.3 is 25.0 Å². The Morgan fingerprint density at radius 3 is 2.60 bits per heavy atom. The fourth-order valence-electron chi connectivity index (χ4n) is 2.33. The summed E-state index contributed by atoms with van der Waals surface area (Å²) in [6, 6.07) is 5.73. The lowest BCUT2D eigenvalue weighted by molar-refractivity contribution is 0.105. The third-order valence-electron chi connectivity index (χ3n) is 3.41. The summed E-state index contributed by atoms with van der Waals surface area (Å²) in [7, 11) is 1.61. The van der Waals surface area contributed by atoms with Crippen LogP contribution in [0, 0.1) is 0 Å². The topological polar surface area (TPSA) is 68.0 Å². The van der Waals surface area contributed by atoms with Gasteiger partial charge in [0.25, 0.3) is 0 Å². The molecule has 20 heavy (non-hydrogen) atoms. The minimum absolute atomic E-state index is 0.245. The van der Waals surface area contributed by atoms with E-state index in [9.17, 15) is 4.79 Å². The average Bonchev–Trinajstić information content (AvgIpc) is 2.48. The van der Waals surface area contributed by atoms with Crippen LogP contribution < -0.4 is 15.4 Å². The Morgan fingerprint density at radius 2 is 2.00 bits per heavy atom. The third-order valence-corrected chi connectivity index (χ3v) is 3.41. The van der Waals surface area contributed by atoms with Crippen molar-refractivity contribution < 1.29 is 14.3 Å². The van der Waals surface area contributed by atoms with Crippen LogP contribution in [0.1, 0.15) is 6.92 Å². The van der Waals surface area contributed by atoms with E-state index in [1.165, 1.54) is 0 Å². The monoisotopic (exact) mass is 279 g/mol. The summed E-state index contributed by atoms with van der Waals surface area (Å²) >= 11 is 0. The van der Waals surface area contributed by atoms with Gasteiger partial charge in [-0.05, 0) is 19.1 Å². The van der Waals surface area contributed by atoms with Crippen molar-refractivity contribution in [1.29, 1.82) is 0 Å². The van der Waals surface area contributed by atoms with Crippen LogP contribution in [0.2, 0.25) is 0 Å². The van der Waals surface area contributed by atoms with Crippen molar-refractivity contribution in [2.24, 2.45) is 0 Å². The number of carbonyl (C=O) groups is 1. The number of piperazine rings is 1. The van der Waals surface area contributed by atoms with E-state index >= 15 is 0 Å². The van der Waals surface area contributed by atoms with E-state index in [2.05, 4.69) is 4.90 Å². The Balaban J connectivity index is 2.02. The second kappa shape index (κ2) is 6.36. The summed E-state index contributed by atoms with van der Waals surface area (Å²) in [5.74, 6) is 0.676. The van der Waals surface area contributed by atoms with Gasteiger partial charge in [-0.2, -0.15) is 0 Å². The lowest BCUT2D eigenvalue weighted by Gasteiger charge is -2.36. The van der Waals surface area contributed by atoms with Gasteiger partial charge in [0.05, 0.1) is 25.1 Å². The van der Waals surface area contributed by atoms with Crippen molar-refractivity contribution in [2.75, 3.05) is 50.5 Å². The zero-order valence-electron chi connectivity index (χ0n) is 12.0. The molecular formula is C14H21N3O3. The highest BCUT2D eigenvalue weighted by molar-refractivity contribution is 5.74. The highest BCUT2D eigenvalue weighted by Gasteiger charge is 2.23. The maximum absolute atomic E-state index is 11.6. The summed E-state index contributed by atoms with van der Waals surface area (Å²) in [6.07, 6.45) is -0.245. The highest BCUT2D eigenvalue weighted by atomic mass is 16.6. The maximum Gasteiger partial charge on any atom is 0.409 e. The van der Waals surface area contributed by atoms with Gasteiger partial charge in [0.1, 0.15) is 5.75 Å². The van der Waals surface area contributed by atoms with Crippen LogP contribution in [0.5, 0.6) is 5.75 Å². The van der Waals surface area contributed by atoms with E-state index < -0.39 is 0 Å². The Morgan fingerprint density at radius 1 is 1.30 bits per heavy atom. The van der Waals surface area contributed by atoms with Gasteiger partial charge in [-0.15, -0.1) is 0 Å². The molecule has 2 rings (SSSR count). The van der Waals surface area contributed by atoms with E-state index in [4.69, 9.17) is 15.2 Å². The number of anilines is 2. The lowest BCUT2D eigenvalue weighted by atomic mass is 10.2. The molecule has 1 aromatic rings. The molecular weight excluding hydrogens is 258 g/mol. The summed E-state index contributed by atoms with van der Waals surface area (Å²) in [4.78, 5) is 15.5. The Labute approximate surface area is 119 Å². The molecule has 0 radical (unpaired) electrons. The SMILES string of the molecule is CCOC(=O)N1CCN(c2cccc(OC)c2N)CC1. The number of carbonyl (C=O) groups excluding carboxylic acids is 1. The standard InChI is InChI=1S/C14H21N3O3/c1-3-20-14(18)17-9-7-16(8-10-17)11-5-4-6-12(19-2)13(11)15/h4-6H,3,7-10,15H2,1-2H3. The smallest absolute Gasteiger partial charge is 0.409 e. The second-order valence-corrected chi connectivity index (χ2v) is 4.57. The molecule has 1 fully saturated rings. The fraction of sp³-hybridized carbons (Fsp3) is 0.500. The predicted molar refractivity (Wildman–Crippen MR) is 78.2 cm³/mol. The molecule has 110 valence electrons. The quantitative estimate of drug-likeness (QED) is 0.850. The number of para-hydroxylation sites is 1. The number of nitrogens with two attached hydrogens (primary N) is 1. The van der Waals surface area contributed by atoms with Crippen LogP contribution in [-0.4, -0.2) is 50.9 Å². The molecule has 1 heterocycles. The average molecular weight is 279 g/mol. The van der Waals surface area contributed by atoms with Gasteiger partial charge >= 0.3 is 6.09 Å². The van der Waals surface area contributed by atoms with Crippen molar-refractivity contribution in [1.82, 2.24) is 4.90 Å². The summed E-state index contributed by atoms with van der Waals surface area (Å²) in [6.45, 7) is 4.95. The highest BCUT2D eigenvalue weighted by Crippen LogP contribution is 2.32. The molecule has 2 N–H and O–H groups in total. The molecule has 0 atom stereocenters. The number of nitrogen functional groups attached to an aromatic ring is 1. The molecule has 1 aliphatic rings. The Kier molecular flexibility index (Phi) is 4.55. The van der Waals surface area contributed by atoms with Gasteiger partial charge in [-0.25, -0.2) is 4.79 Å². The fourth-order valence-corrected chi connectivity index (χ4v) is 2.33. The van der Waals surface area contributed by atoms with Crippen LogP contribution in [-0.2, 0) is 4.74 Å². The van der Waals surface area contributed by atoms with Crippen molar-refractivity contribution in [3.8, 4) is 5.75 Å². The molecule has 0 aromatic heterocycles. The molecule has 0 spiro atoms. The van der Waals surface area contributed by atoms with Gasteiger partial charge in [-0.3, -0.25) is 0 Å². The van der Waals surface area contributed by atoms with Crippen molar-refractivity contribution in [3.63, 3.8) is 0 Å². The molecule has 6 nitrogen and oxygen atoms in total. The van der Waals surface area contributed by atoms with E-state index in [1.807, 2.05) is 25.1 Å². The van der Waals surface area contributed by atoms with Gasteiger partial charge in [0.15, 0.2) is 0 Å². The summed E-state index contributed by atoms with van der Waals surface area (Å²) in [5, 5.41) is 0. The number of ether oxygens (including phenoxy) is 2. The molecule has 1 saturated heterocycles. The number of hydrogen-bond acceptors (Lipinski definition) is 5. The number of methoxy groups -OCH3 is 1. The number of benzene rings is 1. The first-order valence-electron chi connectivity index (χ1n) is 6.76. The van der Waals surface area contributed by atoms with Crippen molar-refractivity contribution in [3.05, 3.63) is 18.2 Å². The first kappa shape index (κ1) is 14.3. The van der Waals surface area contributed by atoms with Crippen LogP contribution in [0.3, 0.4) is 0 Å². The number of rotatable bonds is 3. The molecule has 0 unspecified atom stereocenters. The van der Waals surface area contributed by atoms with Crippen LogP contribution in [0.25, 0.3) is 0 Å². The lowest BCUT2D eigenvalue weighted by Crippen LogP contribution is -2.49. The van der Waals surface area contributed by atoms with E-state index in [-0.39, 0.29) is 6.09 Å². The molecule has 0 saturated carbocycles. The third kappa shape index (κ3) is 2.89. The maximum atomic E-state index is 11.6. The van der Waals surface area contributed by atoms with Gasteiger partial charge in [-0.1, -0.05) is 6.07 Å². The summed E-state index contributed by atoms with van der Waals surface area (Å²) < 4.78 is 10.2. The summed E-state index contributed by atoms with van der Waals surface area (Å²) in [5.41, 5.74) is 7.69. The van der Waals surface area contributed by atoms with E-state index in [0.29, 0.717) is 31.1 Å². The minimum atomic E-state index is -0.245. The van der Waals surface area contributed by atoms with Crippen LogP contribution in [0.15, 0.2) is 18.2 Å². The number of amides is 1. The predicted octanol–water partition coefficient (Wildman–Crippen LogP) is 1.56. The minimum Gasteiger partial charge on any atom is -0.495 e. The molecule has 1 amide bonds. The van der Waals surface area contributed by atoms with Crippen LogP contribution in [0.4, 0.5) is 16.2 Å². The van der Waals surface area contributed by atoms with E-state index in [0.717, 1.165) is 18.8 Å². The van der Waals surface area contributed by atoms with Crippen LogP contribution >= 0.6 is 0 Å². The first-order chi connectivity index (χ1) is 9.67. The largest absolute Gasteiger partial charge is 0.495 e. The second-order valence-electron chi connectivity index (χ2n) is 4.57. The number of nitrogens with zero attached hydrogens (tertiary/aromatic N) is 2. The number of hydrogen-bond donors (Lipinski definition) is 1. The molecule has 6 heteroatoms. The van der Waals surface area contributed by atoms with Gasteiger partial charge in [0.2, 0.25) is 0 Å². The molecule has 0 aliphatic carbocycles. The Bertz CT molecular complexity index is 471.